The summed E-state index contributed by atoms with van der Waals surface area (Å²) in [5.74, 6) is 0.746. The van der Waals surface area contributed by atoms with E-state index in [0.29, 0.717) is 0 Å². The monoisotopic (exact) mass is 254 g/mol. The van der Waals surface area contributed by atoms with Gasteiger partial charge in [-0.25, -0.2) is 0 Å². The standard InChI is InChI=1S/C16H14O3/c1-18-12-7-8-15-13(9-12)14(10-19-15)16(17)11-5-3-2-4-6-11/h2-10,16-17H,1H3. The Labute approximate surface area is 111 Å². The lowest BCUT2D eigenvalue weighted by molar-refractivity contribution is 0.220. The van der Waals surface area contributed by atoms with Crippen LogP contribution in [0.15, 0.2) is 59.2 Å². The Kier molecular flexibility index (Phi) is 2.97. The van der Waals surface area contributed by atoms with Crippen LogP contribution in [0.1, 0.15) is 17.2 Å². The molecule has 0 radical (unpaired) electrons. The Balaban J connectivity index is 2.09. The molecule has 0 saturated heterocycles. The Morgan fingerprint density at radius 3 is 2.63 bits per heavy atom. The zero-order valence-corrected chi connectivity index (χ0v) is 10.5. The van der Waals surface area contributed by atoms with Gasteiger partial charge in [0.2, 0.25) is 0 Å². The summed E-state index contributed by atoms with van der Waals surface area (Å²) in [5.41, 5.74) is 2.33. The minimum absolute atomic E-state index is 0.699. The van der Waals surface area contributed by atoms with Gasteiger partial charge < -0.3 is 14.3 Å². The molecule has 0 spiro atoms. The second kappa shape index (κ2) is 4.78. The van der Waals surface area contributed by atoms with Crippen LogP contribution in [0.5, 0.6) is 5.75 Å². The van der Waals surface area contributed by atoms with Crippen molar-refractivity contribution in [3.63, 3.8) is 0 Å². The third kappa shape index (κ3) is 2.09. The molecule has 0 bridgehead atoms. The summed E-state index contributed by atoms with van der Waals surface area (Å²) in [6.07, 6.45) is 0.899. The van der Waals surface area contributed by atoms with E-state index in [1.807, 2.05) is 48.5 Å². The average molecular weight is 254 g/mol. The maximum absolute atomic E-state index is 10.4. The van der Waals surface area contributed by atoms with Gasteiger partial charge in [0, 0.05) is 10.9 Å². The van der Waals surface area contributed by atoms with Gasteiger partial charge in [-0.05, 0) is 23.8 Å². The van der Waals surface area contributed by atoms with Crippen molar-refractivity contribution in [3.05, 3.63) is 65.9 Å². The molecule has 3 nitrogen and oxygen atoms in total. The highest BCUT2D eigenvalue weighted by Crippen LogP contribution is 2.32. The molecule has 0 saturated carbocycles. The van der Waals surface area contributed by atoms with Crippen molar-refractivity contribution >= 4 is 11.0 Å². The highest BCUT2D eigenvalue weighted by Gasteiger charge is 2.16. The predicted molar refractivity (Wildman–Crippen MR) is 73.3 cm³/mol. The molecule has 1 unspecified atom stereocenters. The van der Waals surface area contributed by atoms with Crippen LogP contribution in [0, 0.1) is 0 Å². The summed E-state index contributed by atoms with van der Waals surface area (Å²) in [6.45, 7) is 0. The summed E-state index contributed by atoms with van der Waals surface area (Å²) in [6, 6.07) is 15.1. The first-order valence-corrected chi connectivity index (χ1v) is 6.08. The Hall–Kier alpha value is -2.26. The van der Waals surface area contributed by atoms with Crippen molar-refractivity contribution in [2.75, 3.05) is 7.11 Å². The van der Waals surface area contributed by atoms with Crippen molar-refractivity contribution in [2.24, 2.45) is 0 Å². The van der Waals surface area contributed by atoms with E-state index < -0.39 is 6.10 Å². The number of hydrogen-bond donors (Lipinski definition) is 1. The summed E-state index contributed by atoms with van der Waals surface area (Å²) in [5, 5.41) is 11.3. The lowest BCUT2D eigenvalue weighted by Crippen LogP contribution is -1.98. The Morgan fingerprint density at radius 2 is 1.89 bits per heavy atom. The van der Waals surface area contributed by atoms with E-state index in [0.717, 1.165) is 27.8 Å². The normalized spacial score (nSPS) is 12.5. The van der Waals surface area contributed by atoms with E-state index in [4.69, 9.17) is 9.15 Å². The molecule has 0 aliphatic carbocycles. The molecule has 1 N–H and O–H groups in total. The first-order valence-electron chi connectivity index (χ1n) is 6.08. The first kappa shape index (κ1) is 11.8. The van der Waals surface area contributed by atoms with Crippen molar-refractivity contribution in [2.45, 2.75) is 6.10 Å². The minimum atomic E-state index is -0.699. The summed E-state index contributed by atoms with van der Waals surface area (Å²) >= 11 is 0. The second-order valence-electron chi connectivity index (χ2n) is 4.37. The number of hydrogen-bond acceptors (Lipinski definition) is 3. The fraction of sp³-hybridized carbons (Fsp3) is 0.125. The van der Waals surface area contributed by atoms with Crippen molar-refractivity contribution in [1.29, 1.82) is 0 Å². The van der Waals surface area contributed by atoms with Gasteiger partial charge in [-0.3, -0.25) is 0 Å². The average Bonchev–Trinajstić information content (AvgIpc) is 2.90. The summed E-state index contributed by atoms with van der Waals surface area (Å²) in [4.78, 5) is 0. The number of fused-ring (bicyclic) bond motifs is 1. The van der Waals surface area contributed by atoms with E-state index in [-0.39, 0.29) is 0 Å². The number of rotatable bonds is 3. The molecular weight excluding hydrogens is 240 g/mol. The zero-order chi connectivity index (χ0) is 13.2. The van der Waals surface area contributed by atoms with Crippen molar-refractivity contribution < 1.29 is 14.3 Å². The van der Waals surface area contributed by atoms with Crippen LogP contribution >= 0.6 is 0 Å². The van der Waals surface area contributed by atoms with Crippen LogP contribution in [-0.2, 0) is 0 Å². The van der Waals surface area contributed by atoms with Gasteiger partial charge in [0.1, 0.15) is 17.4 Å². The molecule has 3 aromatic rings. The van der Waals surface area contributed by atoms with Crippen LogP contribution in [-0.4, -0.2) is 12.2 Å². The molecule has 96 valence electrons. The first-order chi connectivity index (χ1) is 9.29. The molecule has 2 aromatic carbocycles. The highest BCUT2D eigenvalue weighted by atomic mass is 16.5. The summed E-state index contributed by atoms with van der Waals surface area (Å²) in [7, 11) is 1.62. The molecule has 1 heterocycles. The SMILES string of the molecule is COc1ccc2occ(C(O)c3ccccc3)c2c1. The number of benzene rings is 2. The molecule has 3 rings (SSSR count). The van der Waals surface area contributed by atoms with Crippen LogP contribution in [0.2, 0.25) is 0 Å². The fourth-order valence-electron chi connectivity index (χ4n) is 2.18. The van der Waals surface area contributed by atoms with E-state index in [1.165, 1.54) is 0 Å². The maximum atomic E-state index is 10.4. The van der Waals surface area contributed by atoms with Gasteiger partial charge in [-0.1, -0.05) is 30.3 Å². The summed E-state index contributed by atoms with van der Waals surface area (Å²) < 4.78 is 10.7. The smallest absolute Gasteiger partial charge is 0.134 e. The molecule has 1 atom stereocenters. The number of ether oxygens (including phenoxy) is 1. The molecular formula is C16H14O3. The van der Waals surface area contributed by atoms with Gasteiger partial charge in [-0.15, -0.1) is 0 Å². The number of aliphatic hydroxyl groups is 1. The minimum Gasteiger partial charge on any atom is -0.497 e. The highest BCUT2D eigenvalue weighted by molar-refractivity contribution is 5.83. The van der Waals surface area contributed by atoms with Crippen LogP contribution < -0.4 is 4.74 Å². The van der Waals surface area contributed by atoms with E-state index in [2.05, 4.69) is 0 Å². The van der Waals surface area contributed by atoms with Crippen LogP contribution in [0.25, 0.3) is 11.0 Å². The van der Waals surface area contributed by atoms with E-state index in [9.17, 15) is 5.11 Å². The topological polar surface area (TPSA) is 42.6 Å². The molecule has 0 fully saturated rings. The zero-order valence-electron chi connectivity index (χ0n) is 10.5. The van der Waals surface area contributed by atoms with Gasteiger partial charge in [-0.2, -0.15) is 0 Å². The number of aliphatic hydroxyl groups excluding tert-OH is 1. The Bertz CT molecular complexity index is 686. The third-order valence-electron chi connectivity index (χ3n) is 3.22. The largest absolute Gasteiger partial charge is 0.497 e. The number of furan rings is 1. The molecule has 19 heavy (non-hydrogen) atoms. The lowest BCUT2D eigenvalue weighted by Gasteiger charge is -2.09. The maximum Gasteiger partial charge on any atom is 0.134 e. The van der Waals surface area contributed by atoms with Gasteiger partial charge in [0.05, 0.1) is 13.4 Å². The molecule has 3 heteroatoms. The van der Waals surface area contributed by atoms with Crippen LogP contribution in [0.4, 0.5) is 0 Å². The van der Waals surface area contributed by atoms with E-state index >= 15 is 0 Å². The molecule has 0 amide bonds. The van der Waals surface area contributed by atoms with Gasteiger partial charge >= 0.3 is 0 Å². The van der Waals surface area contributed by atoms with E-state index in [1.54, 1.807) is 13.4 Å². The molecule has 0 aliphatic heterocycles. The van der Waals surface area contributed by atoms with Crippen LogP contribution in [0.3, 0.4) is 0 Å². The lowest BCUT2D eigenvalue weighted by atomic mass is 10.0. The van der Waals surface area contributed by atoms with Gasteiger partial charge in [0.15, 0.2) is 0 Å². The molecule has 0 aliphatic rings. The quantitative estimate of drug-likeness (QED) is 0.777. The Morgan fingerprint density at radius 1 is 1.11 bits per heavy atom. The number of methoxy groups -OCH3 is 1. The molecule has 1 aromatic heterocycles. The second-order valence-corrected chi connectivity index (χ2v) is 4.37. The van der Waals surface area contributed by atoms with Crippen molar-refractivity contribution in [3.8, 4) is 5.75 Å². The fourth-order valence-corrected chi connectivity index (χ4v) is 2.18. The van der Waals surface area contributed by atoms with Crippen molar-refractivity contribution in [1.82, 2.24) is 0 Å². The predicted octanol–water partition coefficient (Wildman–Crippen LogP) is 3.52. The third-order valence-corrected chi connectivity index (χ3v) is 3.22. The van der Waals surface area contributed by atoms with Gasteiger partial charge in [0.25, 0.3) is 0 Å².